The second-order valence-electron chi connectivity index (χ2n) is 3.23. The van der Waals surface area contributed by atoms with Gasteiger partial charge in [0, 0.05) is 13.7 Å². The Labute approximate surface area is 114 Å². The lowest BCUT2D eigenvalue weighted by atomic mass is 10.3. The second kappa shape index (κ2) is 25.1. The van der Waals surface area contributed by atoms with Crippen molar-refractivity contribution >= 4 is 0 Å². The van der Waals surface area contributed by atoms with E-state index in [9.17, 15) is 0 Å². The zero-order valence-corrected chi connectivity index (χ0v) is 13.2. The third-order valence-electron chi connectivity index (χ3n) is 1.73. The highest BCUT2D eigenvalue weighted by Crippen LogP contribution is 1.92. The van der Waals surface area contributed by atoms with Crippen molar-refractivity contribution in [3.8, 4) is 0 Å². The van der Waals surface area contributed by atoms with Gasteiger partial charge in [-0.25, -0.2) is 0 Å². The summed E-state index contributed by atoms with van der Waals surface area (Å²) in [6, 6.07) is 0. The van der Waals surface area contributed by atoms with Crippen molar-refractivity contribution in [2.24, 2.45) is 0 Å². The first-order valence-electron chi connectivity index (χ1n) is 6.71. The highest BCUT2D eigenvalue weighted by atomic mass is 16.5. The van der Waals surface area contributed by atoms with E-state index in [1.807, 2.05) is 32.9 Å². The van der Waals surface area contributed by atoms with Crippen molar-refractivity contribution in [2.45, 2.75) is 41.0 Å². The number of ether oxygens (including phenoxy) is 2. The molecule has 0 fully saturated rings. The summed E-state index contributed by atoms with van der Waals surface area (Å²) in [5.41, 5.74) is 1.27. The average Bonchev–Trinajstić information content (AvgIpc) is 2.44. The van der Waals surface area contributed by atoms with E-state index in [-0.39, 0.29) is 0 Å². The second-order valence-corrected chi connectivity index (χ2v) is 3.23. The van der Waals surface area contributed by atoms with Crippen LogP contribution in [0.3, 0.4) is 0 Å². The molecule has 0 aromatic carbocycles. The SMILES string of the molecule is C=C/C=C\C(C)=C/C.CC.CCCOCCOC. The van der Waals surface area contributed by atoms with E-state index < -0.39 is 0 Å². The molecule has 0 N–H and O–H groups in total. The number of hydrogen-bond donors (Lipinski definition) is 0. The molecule has 108 valence electrons. The molecular formula is C16H32O2. The van der Waals surface area contributed by atoms with Crippen LogP contribution in [-0.4, -0.2) is 26.9 Å². The Morgan fingerprint density at radius 2 is 1.78 bits per heavy atom. The van der Waals surface area contributed by atoms with Gasteiger partial charge in [-0.1, -0.05) is 57.2 Å². The van der Waals surface area contributed by atoms with E-state index in [1.54, 1.807) is 13.2 Å². The quantitative estimate of drug-likeness (QED) is 0.482. The summed E-state index contributed by atoms with van der Waals surface area (Å²) in [6.07, 6.45) is 8.86. The van der Waals surface area contributed by atoms with Crippen molar-refractivity contribution in [3.63, 3.8) is 0 Å². The first-order chi connectivity index (χ1) is 8.72. The monoisotopic (exact) mass is 256 g/mol. The Kier molecular flexibility index (Phi) is 31.1. The maximum absolute atomic E-state index is 5.10. The lowest BCUT2D eigenvalue weighted by Gasteiger charge is -1.98. The van der Waals surface area contributed by atoms with E-state index in [0.29, 0.717) is 6.61 Å². The van der Waals surface area contributed by atoms with Gasteiger partial charge in [0.1, 0.15) is 0 Å². The molecule has 0 radical (unpaired) electrons. The summed E-state index contributed by atoms with van der Waals surface area (Å²) >= 11 is 0. The van der Waals surface area contributed by atoms with Crippen LogP contribution in [-0.2, 0) is 9.47 Å². The molecule has 0 aromatic heterocycles. The number of hydrogen-bond acceptors (Lipinski definition) is 2. The lowest BCUT2D eigenvalue weighted by Crippen LogP contribution is -2.01. The molecule has 2 nitrogen and oxygen atoms in total. The molecule has 0 saturated heterocycles. The largest absolute Gasteiger partial charge is 0.382 e. The number of allylic oxidation sites excluding steroid dienone is 5. The zero-order valence-electron chi connectivity index (χ0n) is 13.2. The number of methoxy groups -OCH3 is 1. The average molecular weight is 256 g/mol. The fraction of sp³-hybridized carbons (Fsp3) is 0.625. The van der Waals surface area contributed by atoms with Gasteiger partial charge in [-0.15, -0.1) is 0 Å². The zero-order chi connectivity index (χ0) is 14.6. The van der Waals surface area contributed by atoms with Gasteiger partial charge in [0.05, 0.1) is 13.2 Å². The summed E-state index contributed by atoms with van der Waals surface area (Å²) < 4.78 is 9.86. The smallest absolute Gasteiger partial charge is 0.0700 e. The Hall–Kier alpha value is -0.860. The molecule has 0 amide bonds. The van der Waals surface area contributed by atoms with Gasteiger partial charge in [0.15, 0.2) is 0 Å². The highest BCUT2D eigenvalue weighted by Gasteiger charge is 1.81. The molecule has 0 rings (SSSR count). The van der Waals surface area contributed by atoms with E-state index >= 15 is 0 Å². The molecule has 0 unspecified atom stereocenters. The first-order valence-corrected chi connectivity index (χ1v) is 6.71. The Morgan fingerprint density at radius 3 is 2.17 bits per heavy atom. The molecule has 0 aliphatic carbocycles. The molecule has 0 aliphatic rings. The van der Waals surface area contributed by atoms with Gasteiger partial charge in [-0.05, 0) is 20.3 Å². The van der Waals surface area contributed by atoms with Crippen LogP contribution in [0.1, 0.15) is 41.0 Å². The van der Waals surface area contributed by atoms with E-state index in [2.05, 4.69) is 26.5 Å². The van der Waals surface area contributed by atoms with Crippen LogP contribution in [0.2, 0.25) is 0 Å². The van der Waals surface area contributed by atoms with E-state index in [1.165, 1.54) is 5.57 Å². The van der Waals surface area contributed by atoms with Crippen LogP contribution in [0.25, 0.3) is 0 Å². The molecule has 0 aliphatic heterocycles. The molecule has 0 spiro atoms. The fourth-order valence-corrected chi connectivity index (χ4v) is 0.705. The van der Waals surface area contributed by atoms with Crippen molar-refractivity contribution in [1.82, 2.24) is 0 Å². The summed E-state index contributed by atoms with van der Waals surface area (Å²) in [5.74, 6) is 0. The van der Waals surface area contributed by atoms with Gasteiger partial charge in [-0.2, -0.15) is 0 Å². The summed E-state index contributed by atoms with van der Waals surface area (Å²) in [6.45, 7) is 16.0. The van der Waals surface area contributed by atoms with E-state index in [0.717, 1.165) is 19.6 Å². The molecular weight excluding hydrogens is 224 g/mol. The summed E-state index contributed by atoms with van der Waals surface area (Å²) in [5, 5.41) is 0. The minimum absolute atomic E-state index is 0.708. The van der Waals surface area contributed by atoms with Crippen LogP contribution in [0.15, 0.2) is 36.5 Å². The van der Waals surface area contributed by atoms with Crippen LogP contribution < -0.4 is 0 Å². The molecule has 18 heavy (non-hydrogen) atoms. The Balaban J connectivity index is -0.000000219. The van der Waals surface area contributed by atoms with Gasteiger partial charge < -0.3 is 9.47 Å². The maximum Gasteiger partial charge on any atom is 0.0700 e. The Bertz CT molecular complexity index is 187. The van der Waals surface area contributed by atoms with Gasteiger partial charge >= 0.3 is 0 Å². The van der Waals surface area contributed by atoms with Gasteiger partial charge in [0.25, 0.3) is 0 Å². The van der Waals surface area contributed by atoms with Crippen molar-refractivity contribution in [3.05, 3.63) is 36.5 Å². The highest BCUT2D eigenvalue weighted by molar-refractivity contribution is 5.18. The fourth-order valence-electron chi connectivity index (χ4n) is 0.705. The standard InChI is InChI=1S/C8H12.C6H14O2.C2H6/c1-4-6-7-8(3)5-2;1-3-4-8-6-5-7-2;1-2/h4-7H,1H2,2-3H3;3-6H2,1-2H3;1-2H3/b7-6-,8-5-;;. The van der Waals surface area contributed by atoms with Crippen LogP contribution in [0.5, 0.6) is 0 Å². The van der Waals surface area contributed by atoms with E-state index in [4.69, 9.17) is 9.47 Å². The van der Waals surface area contributed by atoms with Gasteiger partial charge in [-0.3, -0.25) is 0 Å². The topological polar surface area (TPSA) is 18.5 Å². The Morgan fingerprint density at radius 1 is 1.17 bits per heavy atom. The molecule has 2 heteroatoms. The normalized spacial score (nSPS) is 10.2. The number of rotatable bonds is 7. The summed E-state index contributed by atoms with van der Waals surface area (Å²) in [4.78, 5) is 0. The van der Waals surface area contributed by atoms with Crippen LogP contribution in [0.4, 0.5) is 0 Å². The molecule has 0 bridgehead atoms. The first kappa shape index (κ1) is 22.3. The van der Waals surface area contributed by atoms with Crippen LogP contribution in [0, 0.1) is 0 Å². The van der Waals surface area contributed by atoms with Crippen molar-refractivity contribution in [1.29, 1.82) is 0 Å². The predicted octanol–water partition coefficient (Wildman–Crippen LogP) is 4.78. The maximum atomic E-state index is 5.10. The summed E-state index contributed by atoms with van der Waals surface area (Å²) in [7, 11) is 1.68. The molecule has 0 aromatic rings. The predicted molar refractivity (Wildman–Crippen MR) is 83.1 cm³/mol. The van der Waals surface area contributed by atoms with Crippen LogP contribution >= 0.6 is 0 Å². The minimum Gasteiger partial charge on any atom is -0.382 e. The lowest BCUT2D eigenvalue weighted by molar-refractivity contribution is 0.0710. The molecule has 0 atom stereocenters. The van der Waals surface area contributed by atoms with Gasteiger partial charge in [0.2, 0.25) is 0 Å². The van der Waals surface area contributed by atoms with Crippen molar-refractivity contribution in [2.75, 3.05) is 26.9 Å². The molecule has 0 heterocycles. The van der Waals surface area contributed by atoms with Crippen molar-refractivity contribution < 1.29 is 9.47 Å². The molecule has 0 saturated carbocycles. The third kappa shape index (κ3) is 29.4. The minimum atomic E-state index is 0.708. The third-order valence-corrected chi connectivity index (χ3v) is 1.73.